The average Bonchev–Trinajstić information content (AvgIpc) is 2.60. The highest BCUT2D eigenvalue weighted by atomic mass is 32.2. The highest BCUT2D eigenvalue weighted by Crippen LogP contribution is 2.20. The largest absolute Gasteiger partial charge is 0.356 e. The predicted octanol–water partition coefficient (Wildman–Crippen LogP) is 1.29. The van der Waals surface area contributed by atoms with E-state index in [0.717, 1.165) is 31.7 Å². The Bertz CT molecular complexity index is 501. The minimum atomic E-state index is -3.19. The van der Waals surface area contributed by atoms with Crippen molar-refractivity contribution in [3.63, 3.8) is 0 Å². The van der Waals surface area contributed by atoms with Gasteiger partial charge in [0.05, 0.1) is 11.7 Å². The number of rotatable bonds is 7. The zero-order chi connectivity index (χ0) is 17.6. The maximum Gasteiger partial charge on any atom is 0.224 e. The van der Waals surface area contributed by atoms with Crippen LogP contribution < -0.4 is 5.32 Å². The minimum Gasteiger partial charge on any atom is -0.356 e. The molecule has 2 fully saturated rings. The number of amides is 1. The third-order valence-electron chi connectivity index (χ3n) is 5.34. The molecule has 1 atom stereocenters. The van der Waals surface area contributed by atoms with Crippen LogP contribution in [0.25, 0.3) is 0 Å². The molecule has 2 heterocycles. The van der Waals surface area contributed by atoms with E-state index < -0.39 is 10.0 Å². The normalized spacial score (nSPS) is 24.8. The molecule has 7 heteroatoms. The van der Waals surface area contributed by atoms with Crippen LogP contribution in [0.3, 0.4) is 0 Å². The first-order chi connectivity index (χ1) is 11.4. The second kappa shape index (κ2) is 9.15. The molecule has 0 saturated carbocycles. The first-order valence-electron chi connectivity index (χ1n) is 9.40. The Labute approximate surface area is 147 Å². The molecule has 0 aromatic rings. The molecule has 24 heavy (non-hydrogen) atoms. The number of sulfonamides is 1. The van der Waals surface area contributed by atoms with Gasteiger partial charge < -0.3 is 10.2 Å². The lowest BCUT2D eigenvalue weighted by Gasteiger charge is -2.31. The van der Waals surface area contributed by atoms with Gasteiger partial charge >= 0.3 is 0 Å². The van der Waals surface area contributed by atoms with Gasteiger partial charge in [0.2, 0.25) is 15.9 Å². The Balaban J connectivity index is 1.67. The van der Waals surface area contributed by atoms with Crippen LogP contribution in [0.2, 0.25) is 0 Å². The molecule has 2 aliphatic heterocycles. The van der Waals surface area contributed by atoms with Crippen molar-refractivity contribution in [2.45, 2.75) is 46.0 Å². The lowest BCUT2D eigenvalue weighted by Crippen LogP contribution is -2.46. The molecular formula is C17H33N3O3S. The van der Waals surface area contributed by atoms with E-state index in [4.69, 9.17) is 0 Å². The summed E-state index contributed by atoms with van der Waals surface area (Å²) >= 11 is 0. The van der Waals surface area contributed by atoms with Gasteiger partial charge in [-0.3, -0.25) is 4.79 Å². The summed E-state index contributed by atoms with van der Waals surface area (Å²) in [7, 11) is -3.19. The summed E-state index contributed by atoms with van der Waals surface area (Å²) in [5.41, 5.74) is 0. The Morgan fingerprint density at radius 2 is 1.88 bits per heavy atom. The molecule has 0 spiro atoms. The zero-order valence-electron chi connectivity index (χ0n) is 15.2. The molecule has 140 valence electrons. The van der Waals surface area contributed by atoms with Gasteiger partial charge in [-0.05, 0) is 64.6 Å². The molecular weight excluding hydrogens is 326 g/mol. The van der Waals surface area contributed by atoms with E-state index in [2.05, 4.69) is 17.1 Å². The van der Waals surface area contributed by atoms with Crippen LogP contribution in [0.1, 0.15) is 46.0 Å². The number of hydrogen-bond acceptors (Lipinski definition) is 4. The van der Waals surface area contributed by atoms with Crippen molar-refractivity contribution < 1.29 is 13.2 Å². The standard InChI is InChI=1S/C17H33N3O3S/c1-3-24(22,23)20-11-4-6-16(14-20)17(21)18-9-5-10-19-12-7-15(2)8-13-19/h15-16H,3-14H2,1-2H3,(H,18,21)/t16-/m0/s1. The van der Waals surface area contributed by atoms with Gasteiger partial charge in [0.1, 0.15) is 0 Å². The van der Waals surface area contributed by atoms with Crippen molar-refractivity contribution in [3.05, 3.63) is 0 Å². The number of likely N-dealkylation sites (tertiary alicyclic amines) is 1. The zero-order valence-corrected chi connectivity index (χ0v) is 16.0. The van der Waals surface area contributed by atoms with Crippen LogP contribution in [-0.2, 0) is 14.8 Å². The van der Waals surface area contributed by atoms with E-state index in [-0.39, 0.29) is 17.6 Å². The molecule has 0 unspecified atom stereocenters. The number of piperidine rings is 2. The second-order valence-corrected chi connectivity index (χ2v) is 9.52. The molecule has 6 nitrogen and oxygen atoms in total. The number of hydrogen-bond donors (Lipinski definition) is 1. The molecule has 0 aliphatic carbocycles. The van der Waals surface area contributed by atoms with E-state index >= 15 is 0 Å². The van der Waals surface area contributed by atoms with E-state index in [1.54, 1.807) is 6.92 Å². The van der Waals surface area contributed by atoms with Crippen molar-refractivity contribution in [2.24, 2.45) is 11.8 Å². The second-order valence-electron chi connectivity index (χ2n) is 7.27. The molecule has 1 N–H and O–H groups in total. The van der Waals surface area contributed by atoms with Crippen LogP contribution in [0.4, 0.5) is 0 Å². The van der Waals surface area contributed by atoms with Crippen LogP contribution in [-0.4, -0.2) is 68.6 Å². The fourth-order valence-corrected chi connectivity index (χ4v) is 4.72. The van der Waals surface area contributed by atoms with Crippen LogP contribution >= 0.6 is 0 Å². The fourth-order valence-electron chi connectivity index (χ4n) is 3.54. The van der Waals surface area contributed by atoms with Crippen molar-refractivity contribution in [2.75, 3.05) is 45.0 Å². The van der Waals surface area contributed by atoms with Crippen molar-refractivity contribution in [1.82, 2.24) is 14.5 Å². The summed E-state index contributed by atoms with van der Waals surface area (Å²) in [6, 6.07) is 0. The Morgan fingerprint density at radius 1 is 1.17 bits per heavy atom. The van der Waals surface area contributed by atoms with E-state index in [0.29, 0.717) is 19.6 Å². The average molecular weight is 360 g/mol. The molecule has 2 aliphatic rings. The van der Waals surface area contributed by atoms with Crippen molar-refractivity contribution >= 4 is 15.9 Å². The Morgan fingerprint density at radius 3 is 2.54 bits per heavy atom. The van der Waals surface area contributed by atoms with Crippen LogP contribution in [0.5, 0.6) is 0 Å². The lowest BCUT2D eigenvalue weighted by molar-refractivity contribution is -0.126. The van der Waals surface area contributed by atoms with Gasteiger partial charge in [0.15, 0.2) is 0 Å². The number of carbonyl (C=O) groups is 1. The number of nitrogens with zero attached hydrogens (tertiary/aromatic N) is 2. The van der Waals surface area contributed by atoms with Gasteiger partial charge in [0, 0.05) is 19.6 Å². The highest BCUT2D eigenvalue weighted by Gasteiger charge is 2.31. The molecule has 0 radical (unpaired) electrons. The highest BCUT2D eigenvalue weighted by molar-refractivity contribution is 7.89. The maximum absolute atomic E-state index is 12.3. The Hall–Kier alpha value is -0.660. The van der Waals surface area contributed by atoms with Crippen molar-refractivity contribution in [1.29, 1.82) is 0 Å². The van der Waals surface area contributed by atoms with Crippen molar-refractivity contribution in [3.8, 4) is 0 Å². The first-order valence-corrected chi connectivity index (χ1v) is 11.0. The van der Waals surface area contributed by atoms with E-state index in [1.807, 2.05) is 0 Å². The van der Waals surface area contributed by atoms with E-state index in [9.17, 15) is 13.2 Å². The van der Waals surface area contributed by atoms with Gasteiger partial charge in [-0.25, -0.2) is 12.7 Å². The topological polar surface area (TPSA) is 69.7 Å². The van der Waals surface area contributed by atoms with Crippen LogP contribution in [0, 0.1) is 11.8 Å². The third kappa shape index (κ3) is 5.70. The lowest BCUT2D eigenvalue weighted by atomic mass is 9.98. The summed E-state index contributed by atoms with van der Waals surface area (Å²) in [6.07, 6.45) is 5.06. The maximum atomic E-state index is 12.3. The quantitative estimate of drug-likeness (QED) is 0.696. The van der Waals surface area contributed by atoms with Gasteiger partial charge in [-0.1, -0.05) is 6.92 Å². The fraction of sp³-hybridized carbons (Fsp3) is 0.941. The minimum absolute atomic E-state index is 0.0123. The number of nitrogens with one attached hydrogen (secondary N) is 1. The smallest absolute Gasteiger partial charge is 0.224 e. The Kier molecular flexibility index (Phi) is 7.50. The monoisotopic (exact) mass is 359 g/mol. The summed E-state index contributed by atoms with van der Waals surface area (Å²) in [4.78, 5) is 14.8. The molecule has 2 saturated heterocycles. The number of carbonyl (C=O) groups excluding carboxylic acids is 1. The molecule has 0 bridgehead atoms. The van der Waals surface area contributed by atoms with Gasteiger partial charge in [0.25, 0.3) is 0 Å². The van der Waals surface area contributed by atoms with Gasteiger partial charge in [-0.2, -0.15) is 0 Å². The molecule has 1 amide bonds. The summed E-state index contributed by atoms with van der Waals surface area (Å²) < 4.78 is 25.4. The summed E-state index contributed by atoms with van der Waals surface area (Å²) in [5, 5.41) is 3.00. The SMILES string of the molecule is CCS(=O)(=O)N1CCC[C@H](C(=O)NCCCN2CCC(C)CC2)C1. The van der Waals surface area contributed by atoms with Gasteiger partial charge in [-0.15, -0.1) is 0 Å². The molecule has 0 aromatic heterocycles. The van der Waals surface area contributed by atoms with E-state index in [1.165, 1.54) is 30.2 Å². The molecule has 0 aromatic carbocycles. The first kappa shape index (κ1) is 19.7. The summed E-state index contributed by atoms with van der Waals surface area (Å²) in [6.45, 7) is 8.91. The molecule has 2 rings (SSSR count). The van der Waals surface area contributed by atoms with Crippen LogP contribution in [0.15, 0.2) is 0 Å². The summed E-state index contributed by atoms with van der Waals surface area (Å²) in [5.74, 6) is 0.763. The third-order valence-corrected chi connectivity index (χ3v) is 7.19. The predicted molar refractivity (Wildman–Crippen MR) is 96.2 cm³/mol.